The SMILES string of the molecule is CCCCCCCCCCCCCCOC(=O)CS.[CH3][Sn][CH3]. The van der Waals surface area contributed by atoms with E-state index in [1.807, 2.05) is 0 Å². The van der Waals surface area contributed by atoms with Crippen molar-refractivity contribution < 1.29 is 9.53 Å². The van der Waals surface area contributed by atoms with Crippen molar-refractivity contribution in [1.82, 2.24) is 0 Å². The molecule has 0 N–H and O–H groups in total. The van der Waals surface area contributed by atoms with Crippen molar-refractivity contribution in [3.05, 3.63) is 0 Å². The zero-order valence-electron chi connectivity index (χ0n) is 15.2. The summed E-state index contributed by atoms with van der Waals surface area (Å²) < 4.78 is 4.97. The van der Waals surface area contributed by atoms with Gasteiger partial charge in [0.2, 0.25) is 0 Å². The third kappa shape index (κ3) is 25.6. The van der Waals surface area contributed by atoms with Crippen molar-refractivity contribution in [3.63, 3.8) is 0 Å². The number of thiol groups is 1. The van der Waals surface area contributed by atoms with Crippen molar-refractivity contribution >= 4 is 39.7 Å². The third-order valence-corrected chi connectivity index (χ3v) is 3.65. The minimum atomic E-state index is -0.202. The van der Waals surface area contributed by atoms with Crippen LogP contribution in [0.25, 0.3) is 0 Å². The Morgan fingerprint density at radius 2 is 1.18 bits per heavy atom. The van der Waals surface area contributed by atoms with Crippen LogP contribution in [0.3, 0.4) is 0 Å². The summed E-state index contributed by atoms with van der Waals surface area (Å²) in [7, 11) is 0. The summed E-state index contributed by atoms with van der Waals surface area (Å²) in [5, 5.41) is 0. The summed E-state index contributed by atoms with van der Waals surface area (Å²) in [6.45, 7) is 2.83. The first-order valence-corrected chi connectivity index (χ1v) is 15.4. The van der Waals surface area contributed by atoms with Gasteiger partial charge in [-0.25, -0.2) is 0 Å². The monoisotopic (exact) mass is 438 g/mol. The number of rotatable bonds is 14. The van der Waals surface area contributed by atoms with E-state index in [4.69, 9.17) is 4.74 Å². The molecule has 0 aromatic carbocycles. The number of carbonyl (C=O) groups is 1. The first-order chi connectivity index (χ1) is 10.7. The molecule has 0 atom stereocenters. The molecule has 4 heteroatoms. The number of unbranched alkanes of at least 4 members (excludes halogenated alkanes) is 11. The van der Waals surface area contributed by atoms with Gasteiger partial charge >= 0.3 is 37.0 Å². The molecule has 0 aromatic heterocycles. The maximum atomic E-state index is 10.8. The summed E-state index contributed by atoms with van der Waals surface area (Å²) >= 11 is 4.09. The molecule has 132 valence electrons. The van der Waals surface area contributed by atoms with Crippen LogP contribution in [-0.4, -0.2) is 39.5 Å². The quantitative estimate of drug-likeness (QED) is 0.157. The Morgan fingerprint density at radius 1 is 0.818 bits per heavy atom. The Labute approximate surface area is 155 Å². The fraction of sp³-hybridized carbons (Fsp3) is 0.944. The van der Waals surface area contributed by atoms with Crippen LogP contribution in [0.5, 0.6) is 0 Å². The first kappa shape index (κ1) is 24.9. The van der Waals surface area contributed by atoms with Crippen LogP contribution < -0.4 is 0 Å². The second kappa shape index (κ2) is 23.9. The second-order valence-corrected chi connectivity index (χ2v) is 8.94. The molecule has 0 heterocycles. The van der Waals surface area contributed by atoms with E-state index in [1.165, 1.54) is 70.6 Å². The van der Waals surface area contributed by atoms with Crippen LogP contribution in [0.1, 0.15) is 84.0 Å². The van der Waals surface area contributed by atoms with Crippen molar-refractivity contribution in [3.8, 4) is 0 Å². The Morgan fingerprint density at radius 3 is 1.55 bits per heavy atom. The van der Waals surface area contributed by atoms with E-state index >= 15 is 0 Å². The Balaban J connectivity index is 0. The molecule has 0 saturated carbocycles. The molecule has 0 aromatic rings. The van der Waals surface area contributed by atoms with Crippen molar-refractivity contribution in [2.45, 2.75) is 93.9 Å². The van der Waals surface area contributed by atoms with Gasteiger partial charge in [0.05, 0.1) is 12.4 Å². The summed E-state index contributed by atoms with van der Waals surface area (Å²) in [4.78, 5) is 15.4. The molecule has 0 saturated heterocycles. The van der Waals surface area contributed by atoms with Crippen LogP contribution >= 0.6 is 12.6 Å². The molecule has 22 heavy (non-hydrogen) atoms. The van der Waals surface area contributed by atoms with Crippen LogP contribution in [0.2, 0.25) is 9.88 Å². The van der Waals surface area contributed by atoms with E-state index in [0.29, 0.717) is 6.61 Å². The van der Waals surface area contributed by atoms with E-state index < -0.39 is 0 Å². The second-order valence-electron chi connectivity index (χ2n) is 5.77. The van der Waals surface area contributed by atoms with Gasteiger partial charge in [-0.1, -0.05) is 77.6 Å². The molecule has 0 amide bonds. The minimum absolute atomic E-state index is 0.193. The maximum absolute atomic E-state index is 10.8. The van der Waals surface area contributed by atoms with E-state index in [2.05, 4.69) is 29.4 Å². The topological polar surface area (TPSA) is 26.3 Å². The molecule has 0 rings (SSSR count). The first-order valence-electron chi connectivity index (χ1n) is 9.07. The van der Waals surface area contributed by atoms with E-state index in [9.17, 15) is 4.79 Å². The molecule has 0 aliphatic rings. The number of carbonyl (C=O) groups excluding carboxylic acids is 1. The fourth-order valence-electron chi connectivity index (χ4n) is 2.17. The number of hydrogen-bond donors (Lipinski definition) is 1. The average Bonchev–Trinajstić information content (AvgIpc) is 2.52. The van der Waals surface area contributed by atoms with Gasteiger partial charge in [-0.2, -0.15) is 12.6 Å². The summed E-state index contributed by atoms with van der Waals surface area (Å²) in [5.41, 5.74) is 0. The Hall–Kier alpha value is 0.619. The average molecular weight is 437 g/mol. The molecule has 2 radical (unpaired) electrons. The van der Waals surface area contributed by atoms with Crippen LogP contribution in [0.15, 0.2) is 0 Å². The summed E-state index contributed by atoms with van der Waals surface area (Å²) in [6.07, 6.45) is 15.9. The molecule has 2 nitrogen and oxygen atoms in total. The normalized spacial score (nSPS) is 10.0. The molecule has 0 aliphatic heterocycles. The van der Waals surface area contributed by atoms with E-state index in [-0.39, 0.29) is 32.9 Å². The molecule has 0 spiro atoms. The van der Waals surface area contributed by atoms with Crippen molar-refractivity contribution in [2.75, 3.05) is 12.4 Å². The van der Waals surface area contributed by atoms with Gasteiger partial charge in [-0.15, -0.1) is 0 Å². The number of hydrogen-bond acceptors (Lipinski definition) is 3. The predicted octanol–water partition coefficient (Wildman–Crippen LogP) is 5.95. The summed E-state index contributed by atoms with van der Waals surface area (Å²) in [5.74, 6) is -0.00969. The number of ether oxygens (including phenoxy) is 1. The van der Waals surface area contributed by atoms with Gasteiger partial charge in [0.15, 0.2) is 0 Å². The zero-order valence-corrected chi connectivity index (χ0v) is 18.9. The molecule has 0 fully saturated rings. The molecule has 0 bridgehead atoms. The molecular formula is C18H38O2SSn. The van der Waals surface area contributed by atoms with Crippen LogP contribution in [-0.2, 0) is 9.53 Å². The predicted molar refractivity (Wildman–Crippen MR) is 103 cm³/mol. The van der Waals surface area contributed by atoms with E-state index in [0.717, 1.165) is 6.42 Å². The Bertz CT molecular complexity index is 213. The molecule has 0 aliphatic carbocycles. The number of esters is 1. The van der Waals surface area contributed by atoms with Gasteiger partial charge in [0.1, 0.15) is 0 Å². The van der Waals surface area contributed by atoms with Gasteiger partial charge in [0.25, 0.3) is 0 Å². The summed E-state index contributed by atoms with van der Waals surface area (Å²) in [6, 6.07) is 0. The molecule has 0 unspecified atom stereocenters. The molecular weight excluding hydrogens is 399 g/mol. The van der Waals surface area contributed by atoms with E-state index in [1.54, 1.807) is 0 Å². The van der Waals surface area contributed by atoms with Gasteiger partial charge < -0.3 is 4.74 Å². The zero-order chi connectivity index (χ0) is 16.9. The van der Waals surface area contributed by atoms with Crippen molar-refractivity contribution in [2.24, 2.45) is 0 Å². The third-order valence-electron chi connectivity index (χ3n) is 3.39. The van der Waals surface area contributed by atoms with Gasteiger partial charge in [-0.05, 0) is 6.42 Å². The van der Waals surface area contributed by atoms with Crippen LogP contribution in [0, 0.1) is 0 Å². The fourth-order valence-corrected chi connectivity index (χ4v) is 2.27. The standard InChI is InChI=1S/C16H32O2S.2CH3.Sn/c1-2-3-4-5-6-7-8-9-10-11-12-13-14-18-16(17)15-19;;;/h19H,2-15H2,1H3;2*1H3;. The van der Waals surface area contributed by atoms with Gasteiger partial charge in [-0.3, -0.25) is 4.79 Å². The van der Waals surface area contributed by atoms with Gasteiger partial charge in [0, 0.05) is 0 Å². The Kier molecular flexibility index (Phi) is 27.0. The van der Waals surface area contributed by atoms with Crippen LogP contribution in [0.4, 0.5) is 0 Å². The van der Waals surface area contributed by atoms with Crippen molar-refractivity contribution in [1.29, 1.82) is 0 Å².